The molecule has 0 saturated carbocycles. The van der Waals surface area contributed by atoms with Crippen molar-refractivity contribution in [3.8, 4) is 16.3 Å². The van der Waals surface area contributed by atoms with Gasteiger partial charge in [-0.25, -0.2) is 14.8 Å². The summed E-state index contributed by atoms with van der Waals surface area (Å²) in [6.07, 6.45) is 2.36. The van der Waals surface area contributed by atoms with Gasteiger partial charge < -0.3 is 15.2 Å². The number of aromatic carboxylic acids is 1. The number of ether oxygens (including phenoxy) is 1. The number of benzene rings is 2. The van der Waals surface area contributed by atoms with Gasteiger partial charge in [-0.1, -0.05) is 30.3 Å². The van der Waals surface area contributed by atoms with E-state index in [1.807, 2.05) is 13.0 Å². The molecule has 0 aliphatic heterocycles. The summed E-state index contributed by atoms with van der Waals surface area (Å²) >= 11 is 1.15. The van der Waals surface area contributed by atoms with Crippen LogP contribution in [0.3, 0.4) is 0 Å². The van der Waals surface area contributed by atoms with Crippen molar-refractivity contribution in [2.24, 2.45) is 0 Å². The Balaban J connectivity index is 1.53. The van der Waals surface area contributed by atoms with Gasteiger partial charge in [0.15, 0.2) is 4.88 Å². The van der Waals surface area contributed by atoms with E-state index in [9.17, 15) is 9.90 Å². The third kappa shape index (κ3) is 4.43. The maximum atomic E-state index is 11.5. The highest BCUT2D eigenvalue weighted by Crippen LogP contribution is 2.36. The van der Waals surface area contributed by atoms with Crippen molar-refractivity contribution in [1.82, 2.24) is 9.97 Å². The molecule has 164 valence electrons. The smallest absolute Gasteiger partial charge is 0.349 e. The summed E-state index contributed by atoms with van der Waals surface area (Å²) < 4.78 is 5.47. The van der Waals surface area contributed by atoms with Crippen LogP contribution in [0, 0.1) is 13.8 Å². The van der Waals surface area contributed by atoms with Crippen molar-refractivity contribution in [3.05, 3.63) is 70.4 Å². The third-order valence-corrected chi connectivity index (χ3v) is 6.62. The Morgan fingerprint density at radius 2 is 1.97 bits per heavy atom. The monoisotopic (exact) mass is 447 g/mol. The van der Waals surface area contributed by atoms with Crippen LogP contribution in [0.15, 0.2) is 48.8 Å². The Hall–Kier alpha value is -3.45. The van der Waals surface area contributed by atoms with Crippen LogP contribution < -0.4 is 10.1 Å². The fourth-order valence-electron chi connectivity index (χ4n) is 3.82. The molecule has 0 atom stereocenters. The fourth-order valence-corrected chi connectivity index (χ4v) is 4.73. The molecule has 2 N–H and O–H groups in total. The second kappa shape index (κ2) is 9.36. The maximum Gasteiger partial charge on any atom is 0.349 e. The molecule has 6 nitrogen and oxygen atoms in total. The number of aromatic nitrogens is 2. The number of anilines is 1. The van der Waals surface area contributed by atoms with E-state index in [1.165, 1.54) is 33.8 Å². The average molecular weight is 448 g/mol. The van der Waals surface area contributed by atoms with E-state index in [1.54, 1.807) is 6.07 Å². The molecule has 0 saturated heterocycles. The van der Waals surface area contributed by atoms with E-state index in [-0.39, 0.29) is 4.88 Å². The van der Waals surface area contributed by atoms with E-state index < -0.39 is 5.97 Å². The highest BCUT2D eigenvalue weighted by atomic mass is 32.1. The minimum Gasteiger partial charge on any atom is -0.492 e. The van der Waals surface area contributed by atoms with Crippen LogP contribution in [0.1, 0.15) is 33.3 Å². The Bertz CT molecular complexity index is 1280. The SMILES string of the molecule is CCOc1cc(-c2cc(NCCc3c(C)c(C)cc4ccccc34)ncn2)sc1C(=O)O. The number of hydrogen-bond donors (Lipinski definition) is 2. The van der Waals surface area contributed by atoms with Crippen LogP contribution in [-0.4, -0.2) is 34.2 Å². The number of fused-ring (bicyclic) bond motifs is 1. The Morgan fingerprint density at radius 1 is 1.16 bits per heavy atom. The summed E-state index contributed by atoms with van der Waals surface area (Å²) in [4.78, 5) is 21.1. The lowest BCUT2D eigenvalue weighted by atomic mass is 9.93. The van der Waals surface area contributed by atoms with Crippen LogP contribution in [0.25, 0.3) is 21.3 Å². The van der Waals surface area contributed by atoms with Crippen LogP contribution in [0.5, 0.6) is 5.75 Å². The first kappa shape index (κ1) is 21.8. The summed E-state index contributed by atoms with van der Waals surface area (Å²) in [6.45, 7) is 7.28. The van der Waals surface area contributed by atoms with Gasteiger partial charge in [-0.15, -0.1) is 11.3 Å². The molecule has 4 aromatic rings. The number of nitrogens with zero attached hydrogens (tertiary/aromatic N) is 2. The first-order valence-corrected chi connectivity index (χ1v) is 11.3. The van der Waals surface area contributed by atoms with Crippen molar-refractivity contribution < 1.29 is 14.6 Å². The third-order valence-electron chi connectivity index (χ3n) is 5.49. The van der Waals surface area contributed by atoms with Gasteiger partial charge in [-0.2, -0.15) is 0 Å². The van der Waals surface area contributed by atoms with Gasteiger partial charge in [-0.3, -0.25) is 0 Å². The molecule has 0 amide bonds. The van der Waals surface area contributed by atoms with Crippen LogP contribution in [-0.2, 0) is 6.42 Å². The number of carboxylic acid groups (broad SMARTS) is 1. The number of rotatable bonds is 8. The van der Waals surface area contributed by atoms with Gasteiger partial charge in [0, 0.05) is 18.7 Å². The molecule has 0 aliphatic carbocycles. The molecule has 2 heterocycles. The molecule has 0 fully saturated rings. The topological polar surface area (TPSA) is 84.3 Å². The molecular weight excluding hydrogens is 422 g/mol. The lowest BCUT2D eigenvalue weighted by Gasteiger charge is -2.14. The van der Waals surface area contributed by atoms with E-state index in [0.29, 0.717) is 23.9 Å². The minimum absolute atomic E-state index is 0.178. The predicted octanol–water partition coefficient (Wildman–Crippen LogP) is 5.73. The van der Waals surface area contributed by atoms with Gasteiger partial charge >= 0.3 is 5.97 Å². The Kier molecular flexibility index (Phi) is 6.37. The number of carbonyl (C=O) groups is 1. The van der Waals surface area contributed by atoms with Crippen LogP contribution >= 0.6 is 11.3 Å². The van der Waals surface area contributed by atoms with Crippen molar-refractivity contribution in [2.45, 2.75) is 27.2 Å². The number of hydrogen-bond acceptors (Lipinski definition) is 6. The standard InChI is InChI=1S/C25H25N3O3S/c1-4-31-21-13-22(32-24(21)25(29)30)20-12-23(28-14-27-20)26-10-9-18-16(3)15(2)11-17-7-5-6-8-19(17)18/h5-8,11-14H,4,9-10H2,1-3H3,(H,29,30)(H,26,27,28). The largest absolute Gasteiger partial charge is 0.492 e. The molecule has 2 aromatic heterocycles. The minimum atomic E-state index is -1.00. The maximum absolute atomic E-state index is 11.5. The average Bonchev–Trinajstić information content (AvgIpc) is 3.21. The number of aryl methyl sites for hydroxylation is 1. The zero-order valence-corrected chi connectivity index (χ0v) is 19.1. The van der Waals surface area contributed by atoms with E-state index in [2.05, 4.69) is 59.5 Å². The second-order valence-corrected chi connectivity index (χ2v) is 8.58. The fraction of sp³-hybridized carbons (Fsp3) is 0.240. The zero-order chi connectivity index (χ0) is 22.7. The Morgan fingerprint density at radius 3 is 2.75 bits per heavy atom. The first-order chi connectivity index (χ1) is 15.5. The van der Waals surface area contributed by atoms with Crippen molar-refractivity contribution in [2.75, 3.05) is 18.5 Å². The quantitative estimate of drug-likeness (QED) is 0.359. The van der Waals surface area contributed by atoms with Gasteiger partial charge in [0.2, 0.25) is 0 Å². The van der Waals surface area contributed by atoms with E-state index in [0.717, 1.165) is 29.2 Å². The molecule has 0 bridgehead atoms. The van der Waals surface area contributed by atoms with E-state index in [4.69, 9.17) is 4.74 Å². The highest BCUT2D eigenvalue weighted by Gasteiger charge is 2.18. The molecule has 2 aromatic carbocycles. The summed E-state index contributed by atoms with van der Waals surface area (Å²) in [5.41, 5.74) is 4.61. The molecule has 0 radical (unpaired) electrons. The van der Waals surface area contributed by atoms with Crippen LogP contribution in [0.4, 0.5) is 5.82 Å². The van der Waals surface area contributed by atoms with Gasteiger partial charge in [0.05, 0.1) is 17.2 Å². The molecule has 32 heavy (non-hydrogen) atoms. The van der Waals surface area contributed by atoms with E-state index >= 15 is 0 Å². The zero-order valence-electron chi connectivity index (χ0n) is 18.3. The molecule has 0 unspecified atom stereocenters. The lowest BCUT2D eigenvalue weighted by molar-refractivity contribution is 0.0698. The molecule has 0 aliphatic rings. The molecule has 4 rings (SSSR count). The number of thiophene rings is 1. The summed E-state index contributed by atoms with van der Waals surface area (Å²) in [7, 11) is 0. The molecule has 7 heteroatoms. The lowest BCUT2D eigenvalue weighted by Crippen LogP contribution is -2.08. The number of carboxylic acids is 1. The highest BCUT2D eigenvalue weighted by molar-refractivity contribution is 7.17. The Labute approximate surface area is 190 Å². The predicted molar refractivity (Wildman–Crippen MR) is 129 cm³/mol. The molecular formula is C25H25N3O3S. The first-order valence-electron chi connectivity index (χ1n) is 10.5. The van der Waals surface area contributed by atoms with Gasteiger partial charge in [0.25, 0.3) is 0 Å². The van der Waals surface area contributed by atoms with Crippen molar-refractivity contribution >= 4 is 33.9 Å². The summed E-state index contributed by atoms with van der Waals surface area (Å²) in [5.74, 6) is 0.0700. The summed E-state index contributed by atoms with van der Waals surface area (Å²) in [5, 5.41) is 15.4. The van der Waals surface area contributed by atoms with Crippen molar-refractivity contribution in [1.29, 1.82) is 0 Å². The molecule has 0 spiro atoms. The van der Waals surface area contributed by atoms with Gasteiger partial charge in [-0.05, 0) is 54.7 Å². The van der Waals surface area contributed by atoms with Crippen molar-refractivity contribution in [3.63, 3.8) is 0 Å². The van der Waals surface area contributed by atoms with Gasteiger partial charge in [0.1, 0.15) is 17.9 Å². The summed E-state index contributed by atoms with van der Waals surface area (Å²) in [6, 6.07) is 14.3. The van der Waals surface area contributed by atoms with Crippen LogP contribution in [0.2, 0.25) is 0 Å². The normalized spacial score (nSPS) is 11.0. The number of nitrogens with one attached hydrogen (secondary N) is 1. The second-order valence-electron chi connectivity index (χ2n) is 7.53.